The van der Waals surface area contributed by atoms with E-state index in [1.54, 1.807) is 24.3 Å². The van der Waals surface area contributed by atoms with Crippen LogP contribution in [0.5, 0.6) is 5.75 Å². The van der Waals surface area contributed by atoms with Gasteiger partial charge in [0.2, 0.25) is 0 Å². The minimum Gasteiger partial charge on any atom is -0.493 e. The molecule has 0 spiro atoms. The Hall–Kier alpha value is -3.56. The minimum atomic E-state index is 0.534. The highest BCUT2D eigenvalue weighted by Crippen LogP contribution is 2.32. The fourth-order valence-electron chi connectivity index (χ4n) is 2.81. The quantitative estimate of drug-likeness (QED) is 0.452. The minimum absolute atomic E-state index is 0.534. The van der Waals surface area contributed by atoms with E-state index >= 15 is 0 Å². The average Bonchev–Trinajstić information content (AvgIpc) is 2.71. The fraction of sp³-hybridized carbons (Fsp3) is 0.130. The van der Waals surface area contributed by atoms with E-state index in [-0.39, 0.29) is 0 Å². The molecule has 0 saturated heterocycles. The molecule has 0 unspecified atom stereocenters. The standard InChI is InChI=1S/C23H18N2O/c1-2-13-26-23-12-11-19-5-3-4-6-21(19)22(23)14-20(16-25)18-9-7-17(15-24)8-10-18/h3-12,14H,2,13H2,1H3. The Morgan fingerprint density at radius 2 is 1.77 bits per heavy atom. The average molecular weight is 338 g/mol. The number of nitrogens with zero attached hydrogens (tertiary/aromatic N) is 2. The Bertz CT molecular complexity index is 1030. The largest absolute Gasteiger partial charge is 0.493 e. The number of rotatable bonds is 5. The van der Waals surface area contributed by atoms with Crippen molar-refractivity contribution in [2.45, 2.75) is 13.3 Å². The second-order valence-electron chi connectivity index (χ2n) is 5.91. The summed E-state index contributed by atoms with van der Waals surface area (Å²) in [5, 5.41) is 20.8. The lowest BCUT2D eigenvalue weighted by atomic mass is 9.98. The molecule has 26 heavy (non-hydrogen) atoms. The smallest absolute Gasteiger partial charge is 0.127 e. The molecular weight excluding hydrogens is 320 g/mol. The van der Waals surface area contributed by atoms with Crippen LogP contribution in [0.15, 0.2) is 60.7 Å². The molecule has 0 aliphatic rings. The first kappa shape index (κ1) is 17.3. The van der Waals surface area contributed by atoms with Crippen molar-refractivity contribution in [1.82, 2.24) is 0 Å². The summed E-state index contributed by atoms with van der Waals surface area (Å²) in [6, 6.07) is 23.5. The number of benzene rings is 3. The topological polar surface area (TPSA) is 56.8 Å². The molecule has 0 fully saturated rings. The van der Waals surface area contributed by atoms with Gasteiger partial charge in [-0.2, -0.15) is 10.5 Å². The monoisotopic (exact) mass is 338 g/mol. The molecule has 0 heterocycles. The summed E-state index contributed by atoms with van der Waals surface area (Å²) in [4.78, 5) is 0. The molecule has 0 bridgehead atoms. The number of allylic oxidation sites excluding steroid dienone is 1. The van der Waals surface area contributed by atoms with Crippen molar-refractivity contribution in [1.29, 1.82) is 10.5 Å². The van der Waals surface area contributed by atoms with E-state index in [9.17, 15) is 5.26 Å². The summed E-state index contributed by atoms with van der Waals surface area (Å²) < 4.78 is 5.92. The maximum atomic E-state index is 9.68. The molecule has 0 amide bonds. The van der Waals surface area contributed by atoms with Crippen molar-refractivity contribution < 1.29 is 4.74 Å². The Morgan fingerprint density at radius 3 is 2.46 bits per heavy atom. The van der Waals surface area contributed by atoms with Crippen molar-refractivity contribution in [3.8, 4) is 17.9 Å². The normalized spacial score (nSPS) is 11.0. The highest BCUT2D eigenvalue weighted by molar-refractivity contribution is 6.00. The van der Waals surface area contributed by atoms with Gasteiger partial charge >= 0.3 is 0 Å². The van der Waals surface area contributed by atoms with E-state index in [4.69, 9.17) is 10.00 Å². The van der Waals surface area contributed by atoms with E-state index in [0.717, 1.165) is 34.1 Å². The molecule has 126 valence electrons. The zero-order chi connectivity index (χ0) is 18.4. The van der Waals surface area contributed by atoms with E-state index in [0.29, 0.717) is 17.7 Å². The summed E-state index contributed by atoms with van der Waals surface area (Å²) >= 11 is 0. The van der Waals surface area contributed by atoms with Crippen LogP contribution in [0, 0.1) is 22.7 Å². The first-order valence-corrected chi connectivity index (χ1v) is 8.53. The SMILES string of the molecule is CCCOc1ccc2ccccc2c1C=C(C#N)c1ccc(C#N)cc1. The van der Waals surface area contributed by atoms with Crippen LogP contribution in [-0.2, 0) is 0 Å². The van der Waals surface area contributed by atoms with E-state index in [2.05, 4.69) is 19.1 Å². The van der Waals surface area contributed by atoms with Gasteiger partial charge in [0.15, 0.2) is 0 Å². The van der Waals surface area contributed by atoms with Gasteiger partial charge in [0.1, 0.15) is 5.75 Å². The van der Waals surface area contributed by atoms with Crippen LogP contribution in [-0.4, -0.2) is 6.61 Å². The summed E-state index contributed by atoms with van der Waals surface area (Å²) in [6.45, 7) is 2.69. The van der Waals surface area contributed by atoms with Crippen LogP contribution in [0.1, 0.15) is 30.0 Å². The van der Waals surface area contributed by atoms with Gasteiger partial charge in [0.25, 0.3) is 0 Å². The third kappa shape index (κ3) is 3.58. The van der Waals surface area contributed by atoms with Crippen LogP contribution in [0.4, 0.5) is 0 Å². The van der Waals surface area contributed by atoms with Crippen LogP contribution >= 0.6 is 0 Å². The van der Waals surface area contributed by atoms with Crippen LogP contribution < -0.4 is 4.74 Å². The highest BCUT2D eigenvalue weighted by Gasteiger charge is 2.10. The lowest BCUT2D eigenvalue weighted by molar-refractivity contribution is 0.317. The van der Waals surface area contributed by atoms with Gasteiger partial charge in [0.05, 0.1) is 29.9 Å². The molecule has 0 aliphatic carbocycles. The Morgan fingerprint density at radius 1 is 1.00 bits per heavy atom. The van der Waals surface area contributed by atoms with Gasteiger partial charge in [0, 0.05) is 5.56 Å². The summed E-state index contributed by atoms with van der Waals surface area (Å²) in [7, 11) is 0. The molecule has 0 radical (unpaired) electrons. The third-order valence-corrected chi connectivity index (χ3v) is 4.13. The van der Waals surface area contributed by atoms with Crippen LogP contribution in [0.25, 0.3) is 22.4 Å². The molecule has 3 rings (SSSR count). The number of ether oxygens (including phenoxy) is 1. The molecule has 0 N–H and O–H groups in total. The van der Waals surface area contributed by atoms with E-state index in [1.165, 1.54) is 0 Å². The lowest BCUT2D eigenvalue weighted by Gasteiger charge is -2.12. The van der Waals surface area contributed by atoms with E-state index < -0.39 is 0 Å². The third-order valence-electron chi connectivity index (χ3n) is 4.13. The zero-order valence-electron chi connectivity index (χ0n) is 14.6. The molecule has 0 saturated carbocycles. The number of fused-ring (bicyclic) bond motifs is 1. The Labute approximate surface area is 153 Å². The molecule has 3 nitrogen and oxygen atoms in total. The van der Waals surface area contributed by atoms with Gasteiger partial charge < -0.3 is 4.74 Å². The summed E-state index contributed by atoms with van der Waals surface area (Å²) in [6.07, 6.45) is 2.78. The molecule has 0 aliphatic heterocycles. The van der Waals surface area contributed by atoms with Crippen molar-refractivity contribution in [3.05, 3.63) is 77.4 Å². The van der Waals surface area contributed by atoms with E-state index in [1.807, 2.05) is 42.5 Å². The fourth-order valence-corrected chi connectivity index (χ4v) is 2.81. The van der Waals surface area contributed by atoms with Gasteiger partial charge in [-0.15, -0.1) is 0 Å². The van der Waals surface area contributed by atoms with Crippen molar-refractivity contribution in [2.24, 2.45) is 0 Å². The van der Waals surface area contributed by atoms with Crippen molar-refractivity contribution in [2.75, 3.05) is 6.61 Å². The Kier molecular flexibility index (Phi) is 5.32. The summed E-state index contributed by atoms with van der Waals surface area (Å²) in [5.41, 5.74) is 2.79. The number of hydrogen-bond acceptors (Lipinski definition) is 3. The Balaban J connectivity index is 2.15. The second kappa shape index (κ2) is 8.01. The maximum Gasteiger partial charge on any atom is 0.127 e. The molecule has 3 aromatic rings. The number of nitriles is 2. The predicted molar refractivity (Wildman–Crippen MR) is 104 cm³/mol. The second-order valence-corrected chi connectivity index (χ2v) is 5.91. The molecule has 0 aromatic heterocycles. The predicted octanol–water partition coefficient (Wildman–Crippen LogP) is 5.56. The van der Waals surface area contributed by atoms with Gasteiger partial charge in [-0.25, -0.2) is 0 Å². The van der Waals surface area contributed by atoms with Crippen molar-refractivity contribution in [3.63, 3.8) is 0 Å². The number of hydrogen-bond donors (Lipinski definition) is 0. The molecule has 0 atom stereocenters. The maximum absolute atomic E-state index is 9.68. The van der Waals surface area contributed by atoms with Crippen LogP contribution in [0.3, 0.4) is 0 Å². The molecule has 3 heteroatoms. The first-order chi connectivity index (χ1) is 12.8. The van der Waals surface area contributed by atoms with Crippen LogP contribution in [0.2, 0.25) is 0 Å². The van der Waals surface area contributed by atoms with Gasteiger partial charge in [-0.1, -0.05) is 49.4 Å². The molecule has 3 aromatic carbocycles. The zero-order valence-corrected chi connectivity index (χ0v) is 14.6. The lowest BCUT2D eigenvalue weighted by Crippen LogP contribution is -1.97. The van der Waals surface area contributed by atoms with Crippen molar-refractivity contribution >= 4 is 22.4 Å². The summed E-state index contributed by atoms with van der Waals surface area (Å²) in [5.74, 6) is 0.770. The van der Waals surface area contributed by atoms with Gasteiger partial charge in [-0.05, 0) is 47.0 Å². The molecular formula is C23H18N2O. The first-order valence-electron chi connectivity index (χ1n) is 8.53. The highest BCUT2D eigenvalue weighted by atomic mass is 16.5. The van der Waals surface area contributed by atoms with Gasteiger partial charge in [-0.3, -0.25) is 0 Å².